The molecule has 1 saturated carbocycles. The number of methoxy groups -OCH3 is 1. The zero-order valence-corrected chi connectivity index (χ0v) is 23.8. The summed E-state index contributed by atoms with van der Waals surface area (Å²) in [5.41, 5.74) is 4.20. The molecule has 0 aromatic heterocycles. The molecule has 2 fully saturated rings. The number of carbonyl (C=O) groups excluding carboxylic acids is 1. The minimum absolute atomic E-state index is 0.0715. The highest BCUT2D eigenvalue weighted by molar-refractivity contribution is 8.19. The molecular weight excluding hydrogens is 523 g/mol. The van der Waals surface area contributed by atoms with Crippen LogP contribution in [0.4, 0.5) is 11.4 Å². The molecule has 1 aliphatic carbocycles. The van der Waals surface area contributed by atoms with Crippen LogP contribution in [0.1, 0.15) is 43.2 Å². The number of fused-ring (bicyclic) bond motifs is 1. The first-order chi connectivity index (χ1) is 19.1. The molecule has 0 unspecified atom stereocenters. The summed E-state index contributed by atoms with van der Waals surface area (Å²) in [5.74, 6) is 0.883. The number of aliphatic imine (C=N–C) groups is 1. The van der Waals surface area contributed by atoms with E-state index in [1.807, 2.05) is 54.4 Å². The van der Waals surface area contributed by atoms with Gasteiger partial charge in [-0.2, -0.15) is 0 Å². The predicted molar refractivity (Wildman–Crippen MR) is 164 cm³/mol. The summed E-state index contributed by atoms with van der Waals surface area (Å²) in [6, 6.07) is 24.8. The Morgan fingerprint density at radius 3 is 2.33 bits per heavy atom. The van der Waals surface area contributed by atoms with Crippen molar-refractivity contribution in [2.45, 2.75) is 43.0 Å². The van der Waals surface area contributed by atoms with Crippen molar-refractivity contribution in [1.82, 2.24) is 4.90 Å². The van der Waals surface area contributed by atoms with E-state index in [0.717, 1.165) is 68.4 Å². The summed E-state index contributed by atoms with van der Waals surface area (Å²) in [5, 5.41) is 1.74. The SMILES string of the molecule is COc1ccc2c(c1)N(C)C(=C1SC(=Nc3ccc(C=Cc4ccccc4)cc3)N(C3CCCCC3)C1=O)S2. The van der Waals surface area contributed by atoms with Crippen molar-refractivity contribution in [3.05, 3.63) is 93.9 Å². The number of hydrogen-bond acceptors (Lipinski definition) is 6. The molecule has 1 amide bonds. The van der Waals surface area contributed by atoms with E-state index in [1.165, 1.54) is 23.7 Å². The van der Waals surface area contributed by atoms with Gasteiger partial charge in [-0.25, -0.2) is 4.99 Å². The number of amides is 1. The van der Waals surface area contributed by atoms with Crippen LogP contribution in [0.2, 0.25) is 0 Å². The smallest absolute Gasteiger partial charge is 0.269 e. The number of rotatable bonds is 5. The second kappa shape index (κ2) is 11.4. The number of carbonyl (C=O) groups is 1. The minimum Gasteiger partial charge on any atom is -0.497 e. The molecule has 0 atom stereocenters. The van der Waals surface area contributed by atoms with Crippen LogP contribution >= 0.6 is 23.5 Å². The molecule has 6 rings (SSSR count). The van der Waals surface area contributed by atoms with Crippen molar-refractivity contribution < 1.29 is 9.53 Å². The summed E-state index contributed by atoms with van der Waals surface area (Å²) in [4.78, 5) is 25.0. The average molecular weight is 554 g/mol. The molecule has 3 aromatic rings. The fourth-order valence-corrected chi connectivity index (χ4v) is 7.62. The number of nitrogens with zero attached hydrogens (tertiary/aromatic N) is 3. The number of hydrogen-bond donors (Lipinski definition) is 0. The number of amidine groups is 1. The maximum atomic E-state index is 14.0. The van der Waals surface area contributed by atoms with Gasteiger partial charge < -0.3 is 9.64 Å². The van der Waals surface area contributed by atoms with Gasteiger partial charge in [-0.3, -0.25) is 9.69 Å². The quantitative estimate of drug-likeness (QED) is 0.236. The molecule has 5 nitrogen and oxygen atoms in total. The Bertz CT molecular complexity index is 1460. The highest BCUT2D eigenvalue weighted by Crippen LogP contribution is 2.51. The third-order valence-electron chi connectivity index (χ3n) is 7.37. The van der Waals surface area contributed by atoms with Gasteiger partial charge in [-0.15, -0.1) is 0 Å². The number of ether oxygens (including phenoxy) is 1. The van der Waals surface area contributed by atoms with Crippen molar-refractivity contribution >= 4 is 58.1 Å². The molecule has 2 aliphatic heterocycles. The Balaban J connectivity index is 1.30. The first kappa shape index (κ1) is 25.8. The normalized spacial score (nSPS) is 20.9. The van der Waals surface area contributed by atoms with E-state index in [2.05, 4.69) is 47.4 Å². The van der Waals surface area contributed by atoms with E-state index in [0.29, 0.717) is 0 Å². The van der Waals surface area contributed by atoms with Gasteiger partial charge in [0.1, 0.15) is 10.7 Å². The van der Waals surface area contributed by atoms with Crippen molar-refractivity contribution in [1.29, 1.82) is 0 Å². The number of thioether (sulfide) groups is 2. The van der Waals surface area contributed by atoms with Gasteiger partial charge in [0.2, 0.25) is 0 Å². The zero-order valence-electron chi connectivity index (χ0n) is 22.2. The summed E-state index contributed by atoms with van der Waals surface area (Å²) in [7, 11) is 3.70. The monoisotopic (exact) mass is 553 g/mol. The third kappa shape index (κ3) is 5.38. The fraction of sp³-hybridized carbons (Fsp3) is 0.250. The first-order valence-electron chi connectivity index (χ1n) is 13.4. The summed E-state index contributed by atoms with van der Waals surface area (Å²) < 4.78 is 5.44. The molecular formula is C32H31N3O2S2. The largest absolute Gasteiger partial charge is 0.497 e. The van der Waals surface area contributed by atoms with E-state index in [-0.39, 0.29) is 11.9 Å². The zero-order chi connectivity index (χ0) is 26.8. The highest BCUT2D eigenvalue weighted by Gasteiger charge is 2.42. The molecule has 198 valence electrons. The molecule has 0 radical (unpaired) electrons. The molecule has 7 heteroatoms. The first-order valence-corrected chi connectivity index (χ1v) is 15.0. The molecule has 0 N–H and O–H groups in total. The highest BCUT2D eigenvalue weighted by atomic mass is 32.2. The molecule has 0 bridgehead atoms. The van der Waals surface area contributed by atoms with Gasteiger partial charge in [0.15, 0.2) is 5.17 Å². The van der Waals surface area contributed by atoms with Gasteiger partial charge in [0.25, 0.3) is 5.91 Å². The van der Waals surface area contributed by atoms with Crippen LogP contribution in [-0.4, -0.2) is 36.2 Å². The van der Waals surface area contributed by atoms with E-state index in [1.54, 1.807) is 18.9 Å². The van der Waals surface area contributed by atoms with Crippen molar-refractivity contribution in [3.63, 3.8) is 0 Å². The van der Waals surface area contributed by atoms with Crippen molar-refractivity contribution in [2.24, 2.45) is 4.99 Å². The third-order valence-corrected chi connectivity index (χ3v) is 9.78. The van der Waals surface area contributed by atoms with E-state index in [9.17, 15) is 4.79 Å². The van der Waals surface area contributed by atoms with Gasteiger partial charge in [-0.05, 0) is 60.0 Å². The Morgan fingerprint density at radius 1 is 0.897 bits per heavy atom. The predicted octanol–water partition coefficient (Wildman–Crippen LogP) is 8.17. The Kier molecular flexibility index (Phi) is 7.53. The lowest BCUT2D eigenvalue weighted by molar-refractivity contribution is -0.124. The van der Waals surface area contributed by atoms with Crippen LogP contribution in [0, 0.1) is 0 Å². The van der Waals surface area contributed by atoms with Crippen LogP contribution in [0.5, 0.6) is 5.75 Å². The fourth-order valence-electron chi connectivity index (χ4n) is 5.23. The lowest BCUT2D eigenvalue weighted by atomic mass is 9.94. The molecule has 1 saturated heterocycles. The Morgan fingerprint density at radius 2 is 1.62 bits per heavy atom. The summed E-state index contributed by atoms with van der Waals surface area (Å²) >= 11 is 3.15. The minimum atomic E-state index is 0.0715. The van der Waals surface area contributed by atoms with E-state index >= 15 is 0 Å². The number of anilines is 1. The van der Waals surface area contributed by atoms with Crippen LogP contribution in [-0.2, 0) is 4.79 Å². The molecule has 3 aliphatic rings. The average Bonchev–Trinajstić information content (AvgIpc) is 3.48. The second-order valence-electron chi connectivity index (χ2n) is 9.93. The topological polar surface area (TPSA) is 45.1 Å². The lowest BCUT2D eigenvalue weighted by Gasteiger charge is -2.30. The number of benzene rings is 3. The molecule has 2 heterocycles. The van der Waals surface area contributed by atoms with E-state index in [4.69, 9.17) is 9.73 Å². The maximum absolute atomic E-state index is 14.0. The van der Waals surface area contributed by atoms with Crippen LogP contribution < -0.4 is 9.64 Å². The Labute approximate surface area is 238 Å². The van der Waals surface area contributed by atoms with Crippen LogP contribution in [0.15, 0.2) is 92.6 Å². The van der Waals surface area contributed by atoms with Crippen LogP contribution in [0.25, 0.3) is 12.2 Å². The maximum Gasteiger partial charge on any atom is 0.269 e. The Hall–Kier alpha value is -3.42. The second-order valence-corrected chi connectivity index (χ2v) is 11.9. The lowest BCUT2D eigenvalue weighted by Crippen LogP contribution is -2.40. The molecule has 39 heavy (non-hydrogen) atoms. The summed E-state index contributed by atoms with van der Waals surface area (Å²) in [6.07, 6.45) is 9.81. The standard InChI is InChI=1S/C32H31N3O2S2/c1-34-27-21-26(37-2)19-20-28(27)38-31(34)29-30(36)35(25-11-7-4-8-12-25)32(39-29)33-24-17-15-23(16-18-24)14-13-22-9-5-3-6-10-22/h3,5-6,9-10,13-21,25H,4,7-8,11-12H2,1-2H3. The van der Waals surface area contributed by atoms with Crippen molar-refractivity contribution in [3.8, 4) is 5.75 Å². The van der Waals surface area contributed by atoms with E-state index < -0.39 is 0 Å². The van der Waals surface area contributed by atoms with Crippen molar-refractivity contribution in [2.75, 3.05) is 19.1 Å². The van der Waals surface area contributed by atoms with Crippen LogP contribution in [0.3, 0.4) is 0 Å². The van der Waals surface area contributed by atoms with Gasteiger partial charge in [0.05, 0.1) is 23.5 Å². The molecule has 0 spiro atoms. The summed E-state index contributed by atoms with van der Waals surface area (Å²) in [6.45, 7) is 0. The van der Waals surface area contributed by atoms with Gasteiger partial charge in [0, 0.05) is 24.1 Å². The van der Waals surface area contributed by atoms with Gasteiger partial charge >= 0.3 is 0 Å². The van der Waals surface area contributed by atoms with Gasteiger partial charge in [-0.1, -0.05) is 85.6 Å². The molecule has 3 aromatic carbocycles.